The number of aromatic hydroxyl groups is 1. The third-order valence-corrected chi connectivity index (χ3v) is 5.77. The number of phenols is 1. The summed E-state index contributed by atoms with van der Waals surface area (Å²) in [4.78, 5) is 23.3. The SMILES string of the molecule is CC(=O)Nc1ccc(NC(=S)Nc2ccc(-c3cc4ccccc4c(O)c3C(N)=O)c(Cl)c2)cc1. The number of hydrogen-bond acceptors (Lipinski definition) is 4. The normalized spacial score (nSPS) is 10.6. The summed E-state index contributed by atoms with van der Waals surface area (Å²) >= 11 is 12.0. The first kappa shape index (κ1) is 24.0. The molecule has 6 N–H and O–H groups in total. The second-order valence-electron chi connectivity index (χ2n) is 7.77. The summed E-state index contributed by atoms with van der Waals surface area (Å²) in [6.07, 6.45) is 0. The number of rotatable bonds is 5. The van der Waals surface area contributed by atoms with Gasteiger partial charge in [0.15, 0.2) is 5.11 Å². The Hall–Kier alpha value is -4.14. The number of amides is 2. The molecule has 0 saturated heterocycles. The second kappa shape index (κ2) is 10.0. The number of carbonyl (C=O) groups is 2. The molecule has 0 aliphatic rings. The van der Waals surface area contributed by atoms with E-state index in [9.17, 15) is 14.7 Å². The molecule has 0 aliphatic carbocycles. The molecule has 176 valence electrons. The lowest BCUT2D eigenvalue weighted by molar-refractivity contribution is -0.114. The number of nitrogens with one attached hydrogen (secondary N) is 3. The van der Waals surface area contributed by atoms with Crippen LogP contribution in [0.3, 0.4) is 0 Å². The molecule has 0 aromatic heterocycles. The summed E-state index contributed by atoms with van der Waals surface area (Å²) in [5.74, 6) is -1.08. The number of fused-ring (bicyclic) bond motifs is 1. The van der Waals surface area contributed by atoms with Crippen molar-refractivity contribution in [2.45, 2.75) is 6.92 Å². The van der Waals surface area contributed by atoms with E-state index >= 15 is 0 Å². The van der Waals surface area contributed by atoms with Crippen LogP contribution in [0.15, 0.2) is 72.8 Å². The molecule has 0 heterocycles. The molecule has 0 spiro atoms. The maximum atomic E-state index is 12.2. The molecule has 7 nitrogen and oxygen atoms in total. The number of primary amides is 1. The molecule has 0 unspecified atom stereocenters. The van der Waals surface area contributed by atoms with Crippen LogP contribution in [0.5, 0.6) is 5.75 Å². The van der Waals surface area contributed by atoms with Gasteiger partial charge in [0.1, 0.15) is 5.75 Å². The van der Waals surface area contributed by atoms with Crippen molar-refractivity contribution in [3.63, 3.8) is 0 Å². The highest BCUT2D eigenvalue weighted by Crippen LogP contribution is 2.40. The van der Waals surface area contributed by atoms with Gasteiger partial charge in [0.2, 0.25) is 5.91 Å². The van der Waals surface area contributed by atoms with Gasteiger partial charge in [0.05, 0.1) is 10.6 Å². The first-order valence-electron chi connectivity index (χ1n) is 10.5. The van der Waals surface area contributed by atoms with Gasteiger partial charge < -0.3 is 26.8 Å². The number of nitrogens with two attached hydrogens (primary N) is 1. The van der Waals surface area contributed by atoms with E-state index in [2.05, 4.69) is 16.0 Å². The van der Waals surface area contributed by atoms with Crippen LogP contribution in [0.25, 0.3) is 21.9 Å². The first-order chi connectivity index (χ1) is 16.7. The topological polar surface area (TPSA) is 116 Å². The minimum absolute atomic E-state index is 0.00575. The van der Waals surface area contributed by atoms with Gasteiger partial charge >= 0.3 is 0 Å². The Morgan fingerprint density at radius 2 is 1.46 bits per heavy atom. The third-order valence-electron chi connectivity index (χ3n) is 5.25. The van der Waals surface area contributed by atoms with E-state index in [1.54, 1.807) is 60.7 Å². The van der Waals surface area contributed by atoms with Crippen molar-refractivity contribution < 1.29 is 14.7 Å². The number of halogens is 1. The standard InChI is InChI=1S/C26H21ClN4O3S/c1-14(32)29-16-6-8-17(9-7-16)30-26(35)31-18-10-11-20(22(27)13-18)21-12-15-4-2-3-5-19(15)24(33)23(21)25(28)34/h2-13,33H,1H3,(H2,28,34)(H,29,32)(H2,30,31,35). The van der Waals surface area contributed by atoms with Gasteiger partial charge in [-0.25, -0.2) is 0 Å². The molecule has 2 amide bonds. The molecule has 35 heavy (non-hydrogen) atoms. The van der Waals surface area contributed by atoms with Crippen LogP contribution in [-0.4, -0.2) is 22.0 Å². The molecule has 0 saturated carbocycles. The Balaban J connectivity index is 1.57. The van der Waals surface area contributed by atoms with Gasteiger partial charge in [-0.3, -0.25) is 9.59 Å². The summed E-state index contributed by atoms with van der Waals surface area (Å²) in [6, 6.07) is 21.2. The highest BCUT2D eigenvalue weighted by molar-refractivity contribution is 7.80. The van der Waals surface area contributed by atoms with E-state index in [1.807, 2.05) is 12.1 Å². The fourth-order valence-corrected chi connectivity index (χ4v) is 4.25. The predicted octanol–water partition coefficient (Wildman–Crippen LogP) is 5.73. The molecule has 4 rings (SSSR count). The first-order valence-corrected chi connectivity index (χ1v) is 11.3. The number of benzene rings is 4. The number of thiocarbonyl (C=S) groups is 1. The Morgan fingerprint density at radius 3 is 2.09 bits per heavy atom. The van der Waals surface area contributed by atoms with Gasteiger partial charge in [-0.1, -0.05) is 41.9 Å². The van der Waals surface area contributed by atoms with Gasteiger partial charge in [0.25, 0.3) is 5.91 Å². The highest BCUT2D eigenvalue weighted by Gasteiger charge is 2.20. The average molecular weight is 505 g/mol. The molecule has 0 atom stereocenters. The second-order valence-corrected chi connectivity index (χ2v) is 8.58. The summed E-state index contributed by atoms with van der Waals surface area (Å²) in [7, 11) is 0. The van der Waals surface area contributed by atoms with Crippen molar-refractivity contribution in [2.24, 2.45) is 5.73 Å². The van der Waals surface area contributed by atoms with Crippen molar-refractivity contribution in [2.75, 3.05) is 16.0 Å². The maximum absolute atomic E-state index is 12.2. The predicted molar refractivity (Wildman–Crippen MR) is 145 cm³/mol. The largest absolute Gasteiger partial charge is 0.506 e. The third kappa shape index (κ3) is 5.34. The monoisotopic (exact) mass is 504 g/mol. The summed E-state index contributed by atoms with van der Waals surface area (Å²) < 4.78 is 0. The van der Waals surface area contributed by atoms with Crippen molar-refractivity contribution in [1.29, 1.82) is 0 Å². The van der Waals surface area contributed by atoms with Gasteiger partial charge in [-0.2, -0.15) is 0 Å². The lowest BCUT2D eigenvalue weighted by Gasteiger charge is -2.15. The van der Waals surface area contributed by atoms with Gasteiger partial charge in [-0.05, 0) is 60.1 Å². The maximum Gasteiger partial charge on any atom is 0.253 e. The van der Waals surface area contributed by atoms with Gasteiger partial charge in [-0.15, -0.1) is 0 Å². The van der Waals surface area contributed by atoms with E-state index in [0.717, 1.165) is 11.1 Å². The zero-order valence-electron chi connectivity index (χ0n) is 18.6. The summed E-state index contributed by atoms with van der Waals surface area (Å²) in [5, 5.41) is 21.5. The Kier molecular flexibility index (Phi) is 6.86. The number of anilines is 3. The molecule has 4 aromatic rings. The quantitative estimate of drug-likeness (QED) is 0.221. The van der Waals surface area contributed by atoms with Crippen molar-refractivity contribution in [3.8, 4) is 16.9 Å². The number of carbonyl (C=O) groups excluding carboxylic acids is 2. The Bertz CT molecular complexity index is 1470. The van der Waals surface area contributed by atoms with Crippen LogP contribution in [0.4, 0.5) is 17.1 Å². The van der Waals surface area contributed by atoms with Crippen LogP contribution < -0.4 is 21.7 Å². The van der Waals surface area contributed by atoms with Crippen molar-refractivity contribution in [1.82, 2.24) is 0 Å². The van der Waals surface area contributed by atoms with Crippen LogP contribution >= 0.6 is 23.8 Å². The zero-order chi connectivity index (χ0) is 25.1. The van der Waals surface area contributed by atoms with E-state index in [0.29, 0.717) is 38.0 Å². The van der Waals surface area contributed by atoms with E-state index in [-0.39, 0.29) is 17.2 Å². The smallest absolute Gasteiger partial charge is 0.253 e. The number of hydrogen-bond donors (Lipinski definition) is 5. The Morgan fingerprint density at radius 1 is 0.857 bits per heavy atom. The van der Waals surface area contributed by atoms with E-state index < -0.39 is 5.91 Å². The van der Waals surface area contributed by atoms with Crippen molar-refractivity contribution >= 4 is 68.6 Å². The molecule has 0 fully saturated rings. The zero-order valence-corrected chi connectivity index (χ0v) is 20.1. The summed E-state index contributed by atoms with van der Waals surface area (Å²) in [5.41, 5.74) is 8.61. The minimum atomic E-state index is -0.753. The molecule has 9 heteroatoms. The van der Waals surface area contributed by atoms with Crippen molar-refractivity contribution in [3.05, 3.63) is 83.4 Å². The lowest BCUT2D eigenvalue weighted by Crippen LogP contribution is -2.19. The van der Waals surface area contributed by atoms with Crippen LogP contribution in [0.2, 0.25) is 5.02 Å². The van der Waals surface area contributed by atoms with Gasteiger partial charge in [0, 0.05) is 40.5 Å². The fourth-order valence-electron chi connectivity index (χ4n) is 3.74. The van der Waals surface area contributed by atoms with Crippen LogP contribution in [-0.2, 0) is 4.79 Å². The minimum Gasteiger partial charge on any atom is -0.506 e. The molecular formula is C26H21ClN4O3S. The van der Waals surface area contributed by atoms with Crippen LogP contribution in [0.1, 0.15) is 17.3 Å². The summed E-state index contributed by atoms with van der Waals surface area (Å²) in [6.45, 7) is 1.44. The molecule has 4 aromatic carbocycles. The average Bonchev–Trinajstić information content (AvgIpc) is 2.80. The Labute approximate surface area is 211 Å². The van der Waals surface area contributed by atoms with Crippen LogP contribution in [0, 0.1) is 0 Å². The molecule has 0 radical (unpaired) electrons. The molecule has 0 bridgehead atoms. The lowest BCUT2D eigenvalue weighted by atomic mass is 9.93. The molecule has 0 aliphatic heterocycles. The molecular weight excluding hydrogens is 484 g/mol. The van der Waals surface area contributed by atoms with E-state index in [1.165, 1.54) is 6.92 Å². The van der Waals surface area contributed by atoms with E-state index in [4.69, 9.17) is 29.6 Å². The highest BCUT2D eigenvalue weighted by atomic mass is 35.5. The fraction of sp³-hybridized carbons (Fsp3) is 0.0385.